The first-order valence-electron chi connectivity index (χ1n) is 12.0. The molecule has 0 N–H and O–H groups in total. The fourth-order valence-electron chi connectivity index (χ4n) is 5.70. The number of hydrogen-bond donors (Lipinski definition) is 0. The van der Waals surface area contributed by atoms with Crippen molar-refractivity contribution in [3.8, 4) is 34.1 Å². The molecular weight excluding hydrogens is 479 g/mol. The molecule has 0 spiro atoms. The topological polar surface area (TPSA) is 18.5 Å². The molecule has 2 aliphatic rings. The maximum atomic E-state index is 6.92. The van der Waals surface area contributed by atoms with Crippen molar-refractivity contribution >= 4 is 55.3 Å². The summed E-state index contributed by atoms with van der Waals surface area (Å²) in [7, 11) is 0. The Bertz CT molecular complexity index is 1810. The Morgan fingerprint density at radius 2 is 0.944 bits per heavy atom. The Labute approximate surface area is 213 Å². The van der Waals surface area contributed by atoms with Gasteiger partial charge in [0.25, 0.3) is 0 Å². The van der Waals surface area contributed by atoms with Crippen LogP contribution in [0.15, 0.2) is 115 Å². The number of rotatable bonds is 1. The van der Waals surface area contributed by atoms with Gasteiger partial charge in [-0.1, -0.05) is 103 Å². The van der Waals surface area contributed by atoms with E-state index in [1.165, 1.54) is 10.8 Å². The summed E-state index contributed by atoms with van der Waals surface area (Å²) in [6.07, 6.45) is 0. The van der Waals surface area contributed by atoms with Crippen LogP contribution < -0.4 is 25.4 Å². The molecule has 2 nitrogen and oxygen atoms in total. The van der Waals surface area contributed by atoms with Crippen LogP contribution in [-0.4, -0.2) is 0 Å². The molecular formula is C32H19O2PS. The fraction of sp³-hybridized carbons (Fsp3) is 0. The molecule has 6 aromatic carbocycles. The van der Waals surface area contributed by atoms with Crippen molar-refractivity contribution < 1.29 is 9.47 Å². The van der Waals surface area contributed by atoms with Crippen LogP contribution in [0.4, 0.5) is 0 Å². The molecule has 0 radical (unpaired) electrons. The molecule has 0 saturated heterocycles. The molecule has 0 atom stereocenters. The van der Waals surface area contributed by atoms with E-state index in [9.17, 15) is 0 Å². The molecule has 0 amide bonds. The molecule has 0 aliphatic carbocycles. The average Bonchev–Trinajstić information content (AvgIpc) is 2.92. The third-order valence-corrected chi connectivity index (χ3v) is 12.2. The zero-order valence-corrected chi connectivity index (χ0v) is 20.9. The van der Waals surface area contributed by atoms with Crippen molar-refractivity contribution in [3.05, 3.63) is 115 Å². The van der Waals surface area contributed by atoms with Gasteiger partial charge >= 0.3 is 0 Å². The average molecular weight is 499 g/mol. The maximum absolute atomic E-state index is 6.92. The lowest BCUT2D eigenvalue weighted by atomic mass is 10.0. The smallest absolute Gasteiger partial charge is 0.140 e. The first-order valence-corrected chi connectivity index (χ1v) is 14.8. The lowest BCUT2D eigenvalue weighted by Gasteiger charge is -2.39. The van der Waals surface area contributed by atoms with Crippen LogP contribution in [0.2, 0.25) is 0 Å². The van der Waals surface area contributed by atoms with Gasteiger partial charge in [0.2, 0.25) is 0 Å². The van der Waals surface area contributed by atoms with Crippen molar-refractivity contribution in [1.29, 1.82) is 0 Å². The van der Waals surface area contributed by atoms with Crippen LogP contribution in [0.1, 0.15) is 0 Å². The standard InChI is InChI=1S/C32H19O2PS/c36-35-30-24-12-6-4-10-21(24)14-16-26(30)33-28-18-23(20-8-2-1-3-9-20)19-29(32(28)35)34-27-17-15-22-11-5-7-13-25(22)31(27)35/h1-19H. The highest BCUT2D eigenvalue weighted by Crippen LogP contribution is 2.61. The predicted octanol–water partition coefficient (Wildman–Crippen LogP) is 7.63. The summed E-state index contributed by atoms with van der Waals surface area (Å²) in [6.45, 7) is 0. The quantitative estimate of drug-likeness (QED) is 0.217. The van der Waals surface area contributed by atoms with Crippen LogP contribution in [-0.2, 0) is 11.8 Å². The summed E-state index contributed by atoms with van der Waals surface area (Å²) in [5, 5.41) is 7.91. The van der Waals surface area contributed by atoms with E-state index in [1.54, 1.807) is 0 Å². The molecule has 6 aromatic rings. The Morgan fingerprint density at radius 1 is 0.444 bits per heavy atom. The molecule has 170 valence electrons. The van der Waals surface area contributed by atoms with Gasteiger partial charge in [-0.2, -0.15) is 0 Å². The van der Waals surface area contributed by atoms with E-state index in [0.29, 0.717) is 0 Å². The Kier molecular flexibility index (Phi) is 4.12. The highest BCUT2D eigenvalue weighted by molar-refractivity contribution is 8.26. The van der Waals surface area contributed by atoms with E-state index >= 15 is 0 Å². The Hall–Kier alpha value is -3.91. The Balaban J connectivity index is 1.54. The minimum atomic E-state index is -2.53. The summed E-state index contributed by atoms with van der Waals surface area (Å²) >= 11 is 6.92. The van der Waals surface area contributed by atoms with Crippen molar-refractivity contribution in [2.75, 3.05) is 0 Å². The van der Waals surface area contributed by atoms with Gasteiger partial charge < -0.3 is 9.47 Å². The monoisotopic (exact) mass is 498 g/mol. The normalized spacial score (nSPS) is 14.3. The van der Waals surface area contributed by atoms with Crippen molar-refractivity contribution in [2.24, 2.45) is 0 Å². The molecule has 0 unspecified atom stereocenters. The van der Waals surface area contributed by atoms with Gasteiger partial charge in [-0.3, -0.25) is 0 Å². The molecule has 0 bridgehead atoms. The number of fused-ring (bicyclic) bond motifs is 8. The third-order valence-electron chi connectivity index (χ3n) is 7.26. The predicted molar refractivity (Wildman–Crippen MR) is 153 cm³/mol. The minimum Gasteiger partial charge on any atom is -0.456 e. The lowest BCUT2D eigenvalue weighted by Crippen LogP contribution is -2.35. The minimum absolute atomic E-state index is 0.802. The lowest BCUT2D eigenvalue weighted by molar-refractivity contribution is 0.467. The summed E-state index contributed by atoms with van der Waals surface area (Å²) in [4.78, 5) is 0. The highest BCUT2D eigenvalue weighted by Gasteiger charge is 2.44. The van der Waals surface area contributed by atoms with Crippen molar-refractivity contribution in [3.63, 3.8) is 0 Å². The first-order chi connectivity index (χ1) is 17.7. The van der Waals surface area contributed by atoms with Gasteiger partial charge in [0, 0.05) is 10.6 Å². The molecule has 0 saturated carbocycles. The molecule has 4 heteroatoms. The second-order valence-electron chi connectivity index (χ2n) is 9.27. The molecule has 36 heavy (non-hydrogen) atoms. The van der Waals surface area contributed by atoms with Gasteiger partial charge in [0.1, 0.15) is 23.0 Å². The summed E-state index contributed by atoms with van der Waals surface area (Å²) < 4.78 is 13.3. The molecule has 2 aliphatic heterocycles. The zero-order valence-electron chi connectivity index (χ0n) is 19.1. The van der Waals surface area contributed by atoms with Crippen molar-refractivity contribution in [2.45, 2.75) is 0 Å². The highest BCUT2D eigenvalue weighted by atomic mass is 32.4. The molecule has 2 heterocycles. The largest absolute Gasteiger partial charge is 0.456 e. The van der Waals surface area contributed by atoms with Gasteiger partial charge in [0.05, 0.1) is 11.3 Å². The van der Waals surface area contributed by atoms with E-state index in [2.05, 4.69) is 109 Å². The second-order valence-corrected chi connectivity index (χ2v) is 13.5. The fourth-order valence-corrected chi connectivity index (χ4v) is 10.8. The van der Waals surface area contributed by atoms with Crippen molar-refractivity contribution in [1.82, 2.24) is 0 Å². The van der Waals surface area contributed by atoms with E-state index in [0.717, 1.165) is 60.8 Å². The molecule has 0 fully saturated rings. The van der Waals surface area contributed by atoms with Gasteiger partial charge in [-0.25, -0.2) is 0 Å². The summed E-state index contributed by atoms with van der Waals surface area (Å²) in [5.74, 6) is 3.30. The summed E-state index contributed by atoms with van der Waals surface area (Å²) in [5.41, 5.74) is 2.17. The first kappa shape index (κ1) is 20.3. The second kappa shape index (κ2) is 7.30. The van der Waals surface area contributed by atoms with E-state index in [4.69, 9.17) is 21.3 Å². The van der Waals surface area contributed by atoms with Gasteiger partial charge in [-0.05, 0) is 56.9 Å². The molecule has 8 rings (SSSR count). The Morgan fingerprint density at radius 3 is 1.50 bits per heavy atom. The molecule has 0 aromatic heterocycles. The zero-order chi connectivity index (χ0) is 23.9. The SMILES string of the molecule is S=P12c3c(cc(-c4ccccc4)cc3Oc3ccc4ccccc4c31)Oc1ccc3ccccc3c12. The number of benzene rings is 6. The van der Waals surface area contributed by atoms with E-state index in [-0.39, 0.29) is 0 Å². The number of ether oxygens (including phenoxy) is 2. The van der Waals surface area contributed by atoms with Crippen LogP contribution in [0, 0.1) is 0 Å². The van der Waals surface area contributed by atoms with Crippen LogP contribution in [0.3, 0.4) is 0 Å². The maximum Gasteiger partial charge on any atom is 0.140 e. The number of hydrogen-bond acceptors (Lipinski definition) is 3. The van der Waals surface area contributed by atoms with E-state index in [1.807, 2.05) is 6.07 Å². The van der Waals surface area contributed by atoms with Crippen LogP contribution >= 0.6 is 6.04 Å². The van der Waals surface area contributed by atoms with Crippen LogP contribution in [0.5, 0.6) is 23.0 Å². The summed E-state index contributed by atoms with van der Waals surface area (Å²) in [6, 6.07) is 37.5. The van der Waals surface area contributed by atoms with Gasteiger partial charge in [0.15, 0.2) is 0 Å². The van der Waals surface area contributed by atoms with Gasteiger partial charge in [-0.15, -0.1) is 0 Å². The van der Waals surface area contributed by atoms with Crippen LogP contribution in [0.25, 0.3) is 32.7 Å². The third kappa shape index (κ3) is 2.65. The van der Waals surface area contributed by atoms with E-state index < -0.39 is 6.04 Å².